The van der Waals surface area contributed by atoms with Crippen molar-refractivity contribution in [3.8, 4) is 11.5 Å². The Morgan fingerprint density at radius 3 is 2.57 bits per heavy atom. The molecule has 0 aliphatic rings. The van der Waals surface area contributed by atoms with Crippen LogP contribution in [0.1, 0.15) is 11.1 Å². The van der Waals surface area contributed by atoms with Gasteiger partial charge in [-0.05, 0) is 30.2 Å². The molecule has 6 heteroatoms. The van der Waals surface area contributed by atoms with Gasteiger partial charge in [-0.3, -0.25) is 4.68 Å². The van der Waals surface area contributed by atoms with Gasteiger partial charge in [0.2, 0.25) is 0 Å². The largest absolute Gasteiger partial charge is 0.493 e. The lowest BCUT2D eigenvalue weighted by molar-refractivity contribution is 0.354. The molecule has 0 aliphatic heterocycles. The van der Waals surface area contributed by atoms with Crippen LogP contribution in [0.5, 0.6) is 11.5 Å². The smallest absolute Gasteiger partial charge is 0.161 e. The molecule has 114 valence electrons. The fraction of sp³-hybridized carbons (Fsp3) is 0.400. The maximum Gasteiger partial charge on any atom is 0.161 e. The molecule has 0 saturated heterocycles. The van der Waals surface area contributed by atoms with Gasteiger partial charge >= 0.3 is 0 Å². The number of hydrogen-bond acceptors (Lipinski definition) is 4. The minimum atomic E-state index is 0.722. The Kier molecular flexibility index (Phi) is 5.64. The van der Waals surface area contributed by atoms with E-state index in [0.29, 0.717) is 0 Å². The van der Waals surface area contributed by atoms with Crippen molar-refractivity contribution in [2.75, 3.05) is 20.8 Å². The molecule has 0 atom stereocenters. The van der Waals surface area contributed by atoms with E-state index in [-0.39, 0.29) is 0 Å². The molecule has 2 aromatic rings. The summed E-state index contributed by atoms with van der Waals surface area (Å²) < 4.78 is 13.5. The topological polar surface area (TPSA) is 48.3 Å². The molecule has 1 heterocycles. The van der Waals surface area contributed by atoms with Gasteiger partial charge in [-0.25, -0.2) is 0 Å². The molecule has 0 saturated carbocycles. The summed E-state index contributed by atoms with van der Waals surface area (Å²) in [6, 6.07) is 3.90. The van der Waals surface area contributed by atoms with Gasteiger partial charge < -0.3 is 14.8 Å². The molecule has 0 radical (unpaired) electrons. The van der Waals surface area contributed by atoms with Crippen LogP contribution in [0.25, 0.3) is 0 Å². The summed E-state index contributed by atoms with van der Waals surface area (Å²) in [5.41, 5.74) is 2.31. The monoisotopic (exact) mass is 353 g/mol. The highest BCUT2D eigenvalue weighted by molar-refractivity contribution is 9.10. The second-order valence-electron chi connectivity index (χ2n) is 4.76. The number of rotatable bonds is 7. The number of hydrogen-bond donors (Lipinski definition) is 1. The zero-order chi connectivity index (χ0) is 15.2. The Hall–Kier alpha value is -1.53. The molecule has 0 unspecified atom stereocenters. The van der Waals surface area contributed by atoms with Crippen LogP contribution in [0.15, 0.2) is 29.0 Å². The molecule has 0 aliphatic carbocycles. The van der Waals surface area contributed by atoms with Crippen molar-refractivity contribution in [3.63, 3.8) is 0 Å². The van der Waals surface area contributed by atoms with E-state index in [9.17, 15) is 0 Å². The van der Waals surface area contributed by atoms with E-state index < -0.39 is 0 Å². The number of methoxy groups -OCH3 is 2. The van der Waals surface area contributed by atoms with E-state index in [0.717, 1.165) is 41.2 Å². The van der Waals surface area contributed by atoms with Crippen molar-refractivity contribution in [2.24, 2.45) is 0 Å². The van der Waals surface area contributed by atoms with E-state index in [1.54, 1.807) is 14.2 Å². The van der Waals surface area contributed by atoms with Gasteiger partial charge in [0.15, 0.2) is 11.5 Å². The average molecular weight is 354 g/mol. The molecular weight excluding hydrogens is 334 g/mol. The van der Waals surface area contributed by atoms with Crippen LogP contribution in [0, 0.1) is 6.92 Å². The van der Waals surface area contributed by atoms with Gasteiger partial charge in [-0.2, -0.15) is 5.10 Å². The number of nitrogens with one attached hydrogen (secondary N) is 1. The van der Waals surface area contributed by atoms with Gasteiger partial charge in [-0.1, -0.05) is 15.9 Å². The molecule has 5 nitrogen and oxygen atoms in total. The third kappa shape index (κ3) is 4.22. The van der Waals surface area contributed by atoms with Crippen molar-refractivity contribution >= 4 is 15.9 Å². The predicted octanol–water partition coefficient (Wildman–Crippen LogP) is 2.76. The number of benzene rings is 1. The van der Waals surface area contributed by atoms with Gasteiger partial charge in [0.05, 0.1) is 27.0 Å². The third-order valence-electron chi connectivity index (χ3n) is 3.15. The second kappa shape index (κ2) is 7.47. The highest BCUT2D eigenvalue weighted by atomic mass is 79.9. The van der Waals surface area contributed by atoms with Gasteiger partial charge in [0.1, 0.15) is 0 Å². The second-order valence-corrected chi connectivity index (χ2v) is 5.61. The van der Waals surface area contributed by atoms with Crippen LogP contribution < -0.4 is 14.8 Å². The summed E-state index contributed by atoms with van der Waals surface area (Å²) in [7, 11) is 3.28. The first-order chi connectivity index (χ1) is 10.1. The summed E-state index contributed by atoms with van der Waals surface area (Å²) in [5, 5.41) is 7.66. The molecule has 0 spiro atoms. The van der Waals surface area contributed by atoms with E-state index >= 15 is 0 Å². The lowest BCUT2D eigenvalue weighted by atomic mass is 10.2. The van der Waals surface area contributed by atoms with Crippen molar-refractivity contribution in [1.29, 1.82) is 0 Å². The third-order valence-corrected chi connectivity index (χ3v) is 3.89. The molecule has 1 aromatic heterocycles. The molecule has 0 fully saturated rings. The van der Waals surface area contributed by atoms with E-state index in [4.69, 9.17) is 9.47 Å². The summed E-state index contributed by atoms with van der Waals surface area (Å²) in [6.45, 7) is 4.49. The average Bonchev–Trinajstić information content (AvgIpc) is 2.90. The Labute approximate surface area is 133 Å². The Morgan fingerprint density at radius 2 is 1.95 bits per heavy atom. The highest BCUT2D eigenvalue weighted by Crippen LogP contribution is 2.33. The van der Waals surface area contributed by atoms with Crippen LogP contribution in [-0.4, -0.2) is 30.5 Å². The zero-order valence-electron chi connectivity index (χ0n) is 12.5. The quantitative estimate of drug-likeness (QED) is 0.777. The normalized spacial score (nSPS) is 10.7. The number of aromatic nitrogens is 2. The van der Waals surface area contributed by atoms with Crippen LogP contribution in [-0.2, 0) is 13.1 Å². The van der Waals surface area contributed by atoms with Gasteiger partial charge in [0, 0.05) is 23.8 Å². The van der Waals surface area contributed by atoms with E-state index in [1.165, 1.54) is 5.56 Å². The first-order valence-corrected chi connectivity index (χ1v) is 7.53. The van der Waals surface area contributed by atoms with Crippen LogP contribution in [0.3, 0.4) is 0 Å². The summed E-state index contributed by atoms with van der Waals surface area (Å²) >= 11 is 3.56. The maximum absolute atomic E-state index is 5.32. The van der Waals surface area contributed by atoms with Crippen LogP contribution >= 0.6 is 15.9 Å². The molecule has 2 rings (SSSR count). The first kappa shape index (κ1) is 15.9. The lowest BCUT2D eigenvalue weighted by Gasteiger charge is -2.12. The Balaban J connectivity index is 1.90. The molecule has 1 aromatic carbocycles. The van der Waals surface area contributed by atoms with Gasteiger partial charge in [-0.15, -0.1) is 0 Å². The van der Waals surface area contributed by atoms with Gasteiger partial charge in [0.25, 0.3) is 0 Å². The SMILES string of the molecule is COc1cc(Br)c(CNCCn2cc(C)cn2)cc1OC. The van der Waals surface area contributed by atoms with Crippen molar-refractivity contribution < 1.29 is 9.47 Å². The number of nitrogens with zero attached hydrogens (tertiary/aromatic N) is 2. The van der Waals surface area contributed by atoms with Crippen LogP contribution in [0.4, 0.5) is 0 Å². The molecule has 0 bridgehead atoms. The highest BCUT2D eigenvalue weighted by Gasteiger charge is 2.09. The van der Waals surface area contributed by atoms with Crippen molar-refractivity contribution in [2.45, 2.75) is 20.0 Å². The molecule has 0 amide bonds. The summed E-state index contributed by atoms with van der Waals surface area (Å²) in [4.78, 5) is 0. The Bertz CT molecular complexity index is 599. The summed E-state index contributed by atoms with van der Waals surface area (Å²) in [6.07, 6.45) is 3.90. The van der Waals surface area contributed by atoms with E-state index in [1.807, 2.05) is 36.1 Å². The molecular formula is C15H20BrN3O2. The zero-order valence-corrected chi connectivity index (χ0v) is 14.1. The van der Waals surface area contributed by atoms with Crippen LogP contribution in [0.2, 0.25) is 0 Å². The number of aryl methyl sites for hydroxylation is 1. The minimum absolute atomic E-state index is 0.722. The summed E-state index contributed by atoms with van der Waals surface area (Å²) in [5.74, 6) is 1.46. The van der Waals surface area contributed by atoms with Crippen molar-refractivity contribution in [3.05, 3.63) is 40.1 Å². The molecule has 21 heavy (non-hydrogen) atoms. The van der Waals surface area contributed by atoms with E-state index in [2.05, 4.69) is 26.3 Å². The molecule has 1 N–H and O–H groups in total. The number of ether oxygens (including phenoxy) is 2. The minimum Gasteiger partial charge on any atom is -0.493 e. The maximum atomic E-state index is 5.32. The van der Waals surface area contributed by atoms with Crippen molar-refractivity contribution in [1.82, 2.24) is 15.1 Å². The lowest BCUT2D eigenvalue weighted by Crippen LogP contribution is -2.20. The predicted molar refractivity (Wildman–Crippen MR) is 85.9 cm³/mol. The standard InChI is InChI=1S/C15H20BrN3O2/c1-11-8-18-19(10-11)5-4-17-9-12-6-14(20-2)15(21-3)7-13(12)16/h6-8,10,17H,4-5,9H2,1-3H3. The first-order valence-electron chi connectivity index (χ1n) is 6.74. The Morgan fingerprint density at radius 1 is 1.24 bits per heavy atom. The fourth-order valence-corrected chi connectivity index (χ4v) is 2.50. The number of halogens is 1. The fourth-order valence-electron chi connectivity index (χ4n) is 2.04.